The molecule has 15 heavy (non-hydrogen) atoms. The van der Waals surface area contributed by atoms with Gasteiger partial charge in [-0.2, -0.15) is 0 Å². The molecule has 0 saturated carbocycles. The average molecular weight is 201 g/mol. The van der Waals surface area contributed by atoms with Gasteiger partial charge in [-0.3, -0.25) is 4.90 Å². The summed E-state index contributed by atoms with van der Waals surface area (Å²) in [7, 11) is 2.13. The summed E-state index contributed by atoms with van der Waals surface area (Å²) in [5.41, 5.74) is 4.45. The normalized spacial score (nSPS) is 12.0. The van der Waals surface area contributed by atoms with E-state index in [1.54, 1.807) is 0 Å². The molecule has 1 aromatic rings. The van der Waals surface area contributed by atoms with Crippen LogP contribution >= 0.6 is 0 Å². The van der Waals surface area contributed by atoms with Gasteiger partial charge in [-0.25, -0.2) is 0 Å². The summed E-state index contributed by atoms with van der Waals surface area (Å²) >= 11 is 0. The van der Waals surface area contributed by atoms with Gasteiger partial charge in [0.05, 0.1) is 0 Å². The van der Waals surface area contributed by atoms with Crippen molar-refractivity contribution in [2.24, 2.45) is 0 Å². The molecule has 0 heterocycles. The summed E-state index contributed by atoms with van der Waals surface area (Å²) in [5.74, 6) is 0. The summed E-state index contributed by atoms with van der Waals surface area (Å²) in [6.07, 6.45) is 3.99. The van der Waals surface area contributed by atoms with Crippen LogP contribution in [0.3, 0.4) is 0 Å². The summed E-state index contributed by atoms with van der Waals surface area (Å²) in [5, 5.41) is 0. The van der Waals surface area contributed by atoms with Gasteiger partial charge in [0.25, 0.3) is 0 Å². The molecule has 1 aromatic carbocycles. The lowest BCUT2D eigenvalue weighted by Crippen LogP contribution is -2.22. The Hall–Kier alpha value is -1.30. The predicted molar refractivity (Wildman–Crippen MR) is 65.8 cm³/mol. The third-order valence-corrected chi connectivity index (χ3v) is 2.61. The fraction of sp³-hybridized carbons (Fsp3) is 0.357. The molecule has 0 aliphatic rings. The van der Waals surface area contributed by atoms with Crippen molar-refractivity contribution in [1.29, 1.82) is 0 Å². The van der Waals surface area contributed by atoms with Crippen molar-refractivity contribution in [3.05, 3.63) is 53.8 Å². The van der Waals surface area contributed by atoms with Gasteiger partial charge in [0.1, 0.15) is 0 Å². The quantitative estimate of drug-likeness (QED) is 0.675. The van der Waals surface area contributed by atoms with Gasteiger partial charge in [0.15, 0.2) is 0 Å². The third-order valence-electron chi connectivity index (χ3n) is 2.61. The van der Waals surface area contributed by atoms with Crippen molar-refractivity contribution >= 4 is 0 Å². The summed E-state index contributed by atoms with van der Waals surface area (Å²) in [6.45, 7) is 5.14. The molecule has 0 aliphatic carbocycles. The number of rotatable bonds is 4. The maximum atomic E-state index is 3.09. The minimum atomic E-state index is 0.445. The molecule has 0 bridgehead atoms. The van der Waals surface area contributed by atoms with Gasteiger partial charge in [0.2, 0.25) is 0 Å². The van der Waals surface area contributed by atoms with E-state index in [1.165, 1.54) is 5.56 Å². The van der Waals surface area contributed by atoms with Crippen molar-refractivity contribution in [3.63, 3.8) is 0 Å². The van der Waals surface area contributed by atoms with Crippen LogP contribution in [0, 0.1) is 0 Å². The van der Waals surface area contributed by atoms with E-state index in [4.69, 9.17) is 0 Å². The maximum absolute atomic E-state index is 3.09. The first kappa shape index (κ1) is 11.8. The highest BCUT2D eigenvalue weighted by molar-refractivity contribution is 5.18. The van der Waals surface area contributed by atoms with Crippen LogP contribution in [0.5, 0.6) is 0 Å². The van der Waals surface area contributed by atoms with Crippen molar-refractivity contribution in [2.45, 2.75) is 19.9 Å². The molecule has 0 unspecified atom stereocenters. The SMILES string of the molecule is CC=C=CCN(C)[C@@H](C)c1ccccc1. The predicted octanol–water partition coefficient (Wildman–Crippen LogP) is 3.41. The molecule has 0 spiro atoms. The van der Waals surface area contributed by atoms with Gasteiger partial charge in [-0.1, -0.05) is 30.3 Å². The molecule has 1 heteroatoms. The Labute approximate surface area is 92.7 Å². The summed E-state index contributed by atoms with van der Waals surface area (Å²) in [4.78, 5) is 2.30. The van der Waals surface area contributed by atoms with Gasteiger partial charge in [-0.15, -0.1) is 5.73 Å². The Kier molecular flexibility index (Phi) is 4.89. The second kappa shape index (κ2) is 6.23. The van der Waals surface area contributed by atoms with Gasteiger partial charge < -0.3 is 0 Å². The van der Waals surface area contributed by atoms with Crippen LogP contribution in [-0.2, 0) is 0 Å². The van der Waals surface area contributed by atoms with Crippen LogP contribution in [0.1, 0.15) is 25.5 Å². The third kappa shape index (κ3) is 3.75. The Bertz CT molecular complexity index is 334. The van der Waals surface area contributed by atoms with E-state index in [-0.39, 0.29) is 0 Å². The van der Waals surface area contributed by atoms with Crippen molar-refractivity contribution < 1.29 is 0 Å². The van der Waals surface area contributed by atoms with E-state index in [0.29, 0.717) is 6.04 Å². The van der Waals surface area contributed by atoms with Crippen LogP contribution < -0.4 is 0 Å². The zero-order chi connectivity index (χ0) is 11.1. The van der Waals surface area contributed by atoms with E-state index < -0.39 is 0 Å². The Balaban J connectivity index is 2.60. The van der Waals surface area contributed by atoms with Crippen LogP contribution in [-0.4, -0.2) is 18.5 Å². The maximum Gasteiger partial charge on any atom is 0.0320 e. The highest BCUT2D eigenvalue weighted by Crippen LogP contribution is 2.17. The molecule has 0 amide bonds. The Morgan fingerprint density at radius 3 is 2.60 bits per heavy atom. The molecule has 1 nitrogen and oxygen atoms in total. The monoisotopic (exact) mass is 201 g/mol. The molecule has 0 aromatic heterocycles. The molecular formula is C14H19N. The highest BCUT2D eigenvalue weighted by atomic mass is 15.1. The molecule has 0 N–H and O–H groups in total. The Morgan fingerprint density at radius 2 is 2.00 bits per heavy atom. The zero-order valence-corrected chi connectivity index (χ0v) is 9.77. The molecule has 0 aliphatic heterocycles. The Morgan fingerprint density at radius 1 is 1.33 bits per heavy atom. The van der Waals surface area contributed by atoms with Crippen molar-refractivity contribution in [2.75, 3.05) is 13.6 Å². The molecular weight excluding hydrogens is 182 g/mol. The average Bonchev–Trinajstić information content (AvgIpc) is 2.29. The van der Waals surface area contributed by atoms with E-state index in [0.717, 1.165) is 6.54 Å². The van der Waals surface area contributed by atoms with Crippen LogP contribution in [0.2, 0.25) is 0 Å². The van der Waals surface area contributed by atoms with Crippen LogP contribution in [0.15, 0.2) is 48.2 Å². The van der Waals surface area contributed by atoms with Crippen molar-refractivity contribution in [1.82, 2.24) is 4.90 Å². The number of benzene rings is 1. The first-order chi connectivity index (χ1) is 7.25. The second-order valence-electron chi connectivity index (χ2n) is 3.69. The summed E-state index contributed by atoms with van der Waals surface area (Å²) < 4.78 is 0. The molecule has 0 fully saturated rings. The van der Waals surface area contributed by atoms with Gasteiger partial charge >= 0.3 is 0 Å². The minimum Gasteiger partial charge on any atom is -0.295 e. The molecule has 0 radical (unpaired) electrons. The van der Waals surface area contributed by atoms with E-state index in [1.807, 2.05) is 13.0 Å². The molecule has 1 rings (SSSR count). The topological polar surface area (TPSA) is 3.24 Å². The van der Waals surface area contributed by atoms with Crippen molar-refractivity contribution in [3.8, 4) is 0 Å². The lowest BCUT2D eigenvalue weighted by atomic mass is 10.1. The number of hydrogen-bond acceptors (Lipinski definition) is 1. The smallest absolute Gasteiger partial charge is 0.0320 e. The number of hydrogen-bond donors (Lipinski definition) is 0. The zero-order valence-electron chi connectivity index (χ0n) is 9.77. The standard InChI is InChI=1S/C14H19N/c1-4-5-9-12-15(3)13(2)14-10-7-6-8-11-14/h4,6-11,13H,12H2,1-3H3/t5?,13-/m0/s1. The van der Waals surface area contributed by atoms with Crippen LogP contribution in [0.4, 0.5) is 0 Å². The second-order valence-corrected chi connectivity index (χ2v) is 3.69. The van der Waals surface area contributed by atoms with E-state index in [9.17, 15) is 0 Å². The van der Waals surface area contributed by atoms with Gasteiger partial charge in [0, 0.05) is 12.6 Å². The molecule has 80 valence electrons. The minimum absolute atomic E-state index is 0.445. The number of nitrogens with zero attached hydrogens (tertiary/aromatic N) is 1. The van der Waals surface area contributed by atoms with Gasteiger partial charge in [-0.05, 0) is 38.6 Å². The number of likely N-dealkylation sites (N-methyl/N-ethyl adjacent to an activating group) is 1. The fourth-order valence-electron chi connectivity index (χ4n) is 1.46. The highest BCUT2D eigenvalue weighted by Gasteiger charge is 2.08. The lowest BCUT2D eigenvalue weighted by molar-refractivity contribution is 0.290. The van der Waals surface area contributed by atoms with Crippen LogP contribution in [0.25, 0.3) is 0 Å². The van der Waals surface area contributed by atoms with E-state index in [2.05, 4.69) is 61.0 Å². The molecule has 1 atom stereocenters. The lowest BCUT2D eigenvalue weighted by Gasteiger charge is -2.23. The fourth-order valence-corrected chi connectivity index (χ4v) is 1.46. The molecule has 0 saturated heterocycles. The largest absolute Gasteiger partial charge is 0.295 e. The first-order valence-corrected chi connectivity index (χ1v) is 5.36. The summed E-state index contributed by atoms with van der Waals surface area (Å²) in [6, 6.07) is 11.0. The van der Waals surface area contributed by atoms with E-state index >= 15 is 0 Å². The first-order valence-electron chi connectivity index (χ1n) is 5.36.